The molecule has 76 valence electrons. The van der Waals surface area contributed by atoms with Gasteiger partial charge in [0, 0.05) is 6.92 Å². The molecule has 0 radical (unpaired) electrons. The van der Waals surface area contributed by atoms with Gasteiger partial charge in [-0.1, -0.05) is 11.6 Å². The molecule has 1 rings (SSSR count). The number of alkyl halides is 3. The van der Waals surface area contributed by atoms with Gasteiger partial charge in [0.05, 0.1) is 5.56 Å². The van der Waals surface area contributed by atoms with Crippen LogP contribution in [0.25, 0.3) is 0 Å². The van der Waals surface area contributed by atoms with Crippen molar-refractivity contribution < 1.29 is 18.0 Å². The molecule has 0 spiro atoms. The molecule has 0 fully saturated rings. The molecule has 2 nitrogen and oxygen atoms in total. The quantitative estimate of drug-likeness (QED) is 0.541. The third-order valence-corrected chi connectivity index (χ3v) is 1.68. The van der Waals surface area contributed by atoms with Gasteiger partial charge < -0.3 is 0 Å². The van der Waals surface area contributed by atoms with Crippen LogP contribution >= 0.6 is 11.6 Å². The second-order valence-corrected chi connectivity index (χ2v) is 3.00. The van der Waals surface area contributed by atoms with Crippen molar-refractivity contribution >= 4 is 17.4 Å². The molecule has 0 aromatic carbocycles. The first-order valence-electron chi connectivity index (χ1n) is 3.56. The first-order valence-corrected chi connectivity index (χ1v) is 3.94. The molecule has 1 aromatic heterocycles. The molecular weight excluding hydrogens is 219 g/mol. The number of hydrogen-bond acceptors (Lipinski definition) is 2. The fourth-order valence-electron chi connectivity index (χ4n) is 0.841. The average Bonchev–Trinajstić information content (AvgIpc) is 2.01. The highest BCUT2D eigenvalue weighted by atomic mass is 35.5. The van der Waals surface area contributed by atoms with E-state index in [1.165, 1.54) is 0 Å². The van der Waals surface area contributed by atoms with Crippen LogP contribution in [0.4, 0.5) is 13.2 Å². The SMILES string of the molecule is CC(=O)c1cc(C(F)(F)F)cc(Cl)n1. The monoisotopic (exact) mass is 223 g/mol. The lowest BCUT2D eigenvalue weighted by molar-refractivity contribution is -0.137. The van der Waals surface area contributed by atoms with Gasteiger partial charge in [-0.2, -0.15) is 13.2 Å². The number of carbonyl (C=O) groups is 1. The number of pyridine rings is 1. The minimum Gasteiger partial charge on any atom is -0.293 e. The van der Waals surface area contributed by atoms with E-state index in [0.717, 1.165) is 6.92 Å². The Morgan fingerprint density at radius 3 is 2.43 bits per heavy atom. The van der Waals surface area contributed by atoms with Crippen LogP contribution in [0.1, 0.15) is 23.0 Å². The highest BCUT2D eigenvalue weighted by molar-refractivity contribution is 6.29. The maximum absolute atomic E-state index is 12.2. The van der Waals surface area contributed by atoms with Gasteiger partial charge in [0.1, 0.15) is 10.8 Å². The van der Waals surface area contributed by atoms with Crippen molar-refractivity contribution in [1.82, 2.24) is 4.98 Å². The van der Waals surface area contributed by atoms with Gasteiger partial charge in [0.25, 0.3) is 0 Å². The molecule has 0 amide bonds. The molecule has 0 aliphatic carbocycles. The second-order valence-electron chi connectivity index (χ2n) is 2.62. The van der Waals surface area contributed by atoms with Crippen LogP contribution in [0.5, 0.6) is 0 Å². The number of nitrogens with zero attached hydrogens (tertiary/aromatic N) is 1. The van der Waals surface area contributed by atoms with Gasteiger partial charge in [-0.05, 0) is 12.1 Å². The molecule has 0 bridgehead atoms. The lowest BCUT2D eigenvalue weighted by atomic mass is 10.2. The molecule has 0 aliphatic rings. The second kappa shape index (κ2) is 3.57. The van der Waals surface area contributed by atoms with Crippen molar-refractivity contribution in [2.45, 2.75) is 13.1 Å². The summed E-state index contributed by atoms with van der Waals surface area (Å²) < 4.78 is 36.6. The summed E-state index contributed by atoms with van der Waals surface area (Å²) in [7, 11) is 0. The van der Waals surface area contributed by atoms with E-state index in [1.807, 2.05) is 0 Å². The Morgan fingerprint density at radius 1 is 1.43 bits per heavy atom. The molecule has 0 N–H and O–H groups in total. The van der Waals surface area contributed by atoms with E-state index in [2.05, 4.69) is 4.98 Å². The fourth-order valence-corrected chi connectivity index (χ4v) is 1.05. The maximum Gasteiger partial charge on any atom is 0.416 e. The molecule has 1 heterocycles. The summed E-state index contributed by atoms with van der Waals surface area (Å²) in [5.41, 5.74) is -1.26. The molecule has 1 aromatic rings. The maximum atomic E-state index is 12.2. The van der Waals surface area contributed by atoms with Crippen molar-refractivity contribution in [1.29, 1.82) is 0 Å². The first-order chi connectivity index (χ1) is 6.30. The van der Waals surface area contributed by atoms with Gasteiger partial charge in [-0.25, -0.2) is 4.98 Å². The van der Waals surface area contributed by atoms with Crippen LogP contribution in [-0.4, -0.2) is 10.8 Å². The van der Waals surface area contributed by atoms with Crippen LogP contribution in [0.15, 0.2) is 12.1 Å². The van der Waals surface area contributed by atoms with Crippen LogP contribution in [0, 0.1) is 0 Å². The zero-order valence-electron chi connectivity index (χ0n) is 7.02. The van der Waals surface area contributed by atoms with E-state index in [-0.39, 0.29) is 10.8 Å². The van der Waals surface area contributed by atoms with Gasteiger partial charge in [-0.3, -0.25) is 4.79 Å². The Bertz CT molecular complexity index is 375. The van der Waals surface area contributed by atoms with Gasteiger partial charge in [0.15, 0.2) is 5.78 Å². The van der Waals surface area contributed by atoms with Gasteiger partial charge >= 0.3 is 6.18 Å². The summed E-state index contributed by atoms with van der Waals surface area (Å²) in [6.45, 7) is 1.12. The molecule has 0 atom stereocenters. The third kappa shape index (κ3) is 2.45. The van der Waals surface area contributed by atoms with E-state index >= 15 is 0 Å². The largest absolute Gasteiger partial charge is 0.416 e. The number of halogens is 4. The van der Waals surface area contributed by atoms with Crippen molar-refractivity contribution in [3.8, 4) is 0 Å². The highest BCUT2D eigenvalue weighted by Crippen LogP contribution is 2.30. The number of carbonyl (C=O) groups excluding carboxylic acids is 1. The summed E-state index contributed by atoms with van der Waals surface area (Å²) in [5.74, 6) is -0.557. The van der Waals surface area contributed by atoms with E-state index in [0.29, 0.717) is 12.1 Å². The van der Waals surface area contributed by atoms with Crippen LogP contribution in [-0.2, 0) is 6.18 Å². The average molecular weight is 224 g/mol. The van der Waals surface area contributed by atoms with E-state index in [4.69, 9.17) is 11.6 Å². The van der Waals surface area contributed by atoms with Crippen LogP contribution in [0.2, 0.25) is 5.15 Å². The third-order valence-electron chi connectivity index (χ3n) is 1.48. The standard InChI is InChI=1S/C8H5ClF3NO/c1-4(14)6-2-5(8(10,11)12)3-7(9)13-6/h2-3H,1H3. The van der Waals surface area contributed by atoms with Crippen LogP contribution < -0.4 is 0 Å². The van der Waals surface area contributed by atoms with E-state index in [9.17, 15) is 18.0 Å². The van der Waals surface area contributed by atoms with Crippen molar-refractivity contribution in [3.05, 3.63) is 28.5 Å². The summed E-state index contributed by atoms with van der Waals surface area (Å²) in [5, 5.41) is -0.343. The van der Waals surface area contributed by atoms with Crippen LogP contribution in [0.3, 0.4) is 0 Å². The molecular formula is C8H5ClF3NO. The van der Waals surface area contributed by atoms with Gasteiger partial charge in [0.2, 0.25) is 0 Å². The Labute approximate surface area is 82.7 Å². The Hall–Kier alpha value is -1.10. The Morgan fingerprint density at radius 2 is 2.00 bits per heavy atom. The molecule has 6 heteroatoms. The number of ketones is 1. The summed E-state index contributed by atoms with van der Waals surface area (Å²) in [4.78, 5) is 14.3. The topological polar surface area (TPSA) is 30.0 Å². The first kappa shape index (κ1) is 11.0. The fraction of sp³-hybridized carbons (Fsp3) is 0.250. The summed E-state index contributed by atoms with van der Waals surface area (Å²) in [6.07, 6.45) is -4.52. The minimum atomic E-state index is -4.52. The van der Waals surface area contributed by atoms with E-state index in [1.54, 1.807) is 0 Å². The van der Waals surface area contributed by atoms with Crippen molar-refractivity contribution in [2.75, 3.05) is 0 Å². The summed E-state index contributed by atoms with van der Waals surface area (Å²) in [6, 6.07) is 1.35. The van der Waals surface area contributed by atoms with Gasteiger partial charge in [-0.15, -0.1) is 0 Å². The number of Topliss-reactive ketones (excluding diaryl/α,β-unsaturated/α-hetero) is 1. The van der Waals surface area contributed by atoms with Crippen molar-refractivity contribution in [2.24, 2.45) is 0 Å². The number of aromatic nitrogens is 1. The zero-order chi connectivity index (χ0) is 10.9. The summed E-state index contributed by atoms with van der Waals surface area (Å²) >= 11 is 5.34. The molecule has 14 heavy (non-hydrogen) atoms. The molecule has 0 saturated carbocycles. The lowest BCUT2D eigenvalue weighted by Crippen LogP contribution is -2.08. The predicted molar refractivity (Wildman–Crippen MR) is 44.3 cm³/mol. The Kier molecular flexibility index (Phi) is 2.80. The molecule has 0 aliphatic heterocycles. The highest BCUT2D eigenvalue weighted by Gasteiger charge is 2.31. The minimum absolute atomic E-state index is 0.287. The smallest absolute Gasteiger partial charge is 0.293 e. The zero-order valence-corrected chi connectivity index (χ0v) is 7.78. The normalized spacial score (nSPS) is 11.5. The number of rotatable bonds is 1. The Balaban J connectivity index is 3.28. The molecule has 0 saturated heterocycles. The lowest BCUT2D eigenvalue weighted by Gasteiger charge is -2.07. The van der Waals surface area contributed by atoms with E-state index < -0.39 is 17.5 Å². The number of hydrogen-bond donors (Lipinski definition) is 0. The van der Waals surface area contributed by atoms with Crippen molar-refractivity contribution in [3.63, 3.8) is 0 Å². The molecule has 0 unspecified atom stereocenters. The predicted octanol–water partition coefficient (Wildman–Crippen LogP) is 2.96.